The van der Waals surface area contributed by atoms with E-state index in [1.807, 2.05) is 34.8 Å². The highest BCUT2D eigenvalue weighted by molar-refractivity contribution is 5.76. The molecule has 2 aromatic rings. The fraction of sp³-hybridized carbons (Fsp3) is 0.571. The van der Waals surface area contributed by atoms with Crippen molar-refractivity contribution in [2.45, 2.75) is 58.1 Å². The number of hydrogen-bond acceptors (Lipinski definition) is 4. The number of carbonyl (C=O) groups is 1. The molecule has 0 unspecified atom stereocenters. The lowest BCUT2D eigenvalue weighted by atomic mass is 10.00. The SMILES string of the molecule is Cn1nc(COc2ccccn2)c2c1CCN(C(=O)CCC1CCCC1)C2. The van der Waals surface area contributed by atoms with E-state index in [1.54, 1.807) is 6.20 Å². The van der Waals surface area contributed by atoms with Gasteiger partial charge in [-0.2, -0.15) is 5.10 Å². The van der Waals surface area contributed by atoms with Gasteiger partial charge in [0.2, 0.25) is 11.8 Å². The molecule has 1 amide bonds. The molecule has 0 radical (unpaired) electrons. The van der Waals surface area contributed by atoms with Gasteiger partial charge in [0.25, 0.3) is 0 Å². The summed E-state index contributed by atoms with van der Waals surface area (Å²) in [6.45, 7) is 1.81. The molecule has 6 heteroatoms. The molecule has 1 saturated carbocycles. The first-order valence-electron chi connectivity index (χ1n) is 10.1. The molecule has 0 bridgehead atoms. The Morgan fingerprint density at radius 2 is 2.15 bits per heavy atom. The maximum absolute atomic E-state index is 12.7. The van der Waals surface area contributed by atoms with Crippen LogP contribution in [0.1, 0.15) is 55.5 Å². The number of pyridine rings is 1. The third-order valence-corrected chi connectivity index (χ3v) is 5.91. The van der Waals surface area contributed by atoms with Gasteiger partial charge in [0, 0.05) is 56.5 Å². The van der Waals surface area contributed by atoms with Crippen molar-refractivity contribution >= 4 is 5.91 Å². The third kappa shape index (κ3) is 4.15. The Kier molecular flexibility index (Phi) is 5.41. The zero-order valence-electron chi connectivity index (χ0n) is 16.1. The molecule has 27 heavy (non-hydrogen) atoms. The predicted molar refractivity (Wildman–Crippen MR) is 102 cm³/mol. The molecule has 3 heterocycles. The third-order valence-electron chi connectivity index (χ3n) is 5.91. The standard InChI is InChI=1S/C21H28N4O2/c1-24-19-11-13-25(21(26)10-9-16-6-2-3-7-16)14-17(19)18(23-24)15-27-20-8-4-5-12-22-20/h4-5,8,12,16H,2-3,6-7,9-11,13-15H2,1H3. The lowest BCUT2D eigenvalue weighted by Gasteiger charge is -2.28. The van der Waals surface area contributed by atoms with Crippen molar-refractivity contribution < 1.29 is 9.53 Å². The van der Waals surface area contributed by atoms with Crippen molar-refractivity contribution in [2.75, 3.05) is 6.54 Å². The van der Waals surface area contributed by atoms with Gasteiger partial charge in [0.05, 0.1) is 0 Å². The van der Waals surface area contributed by atoms with Gasteiger partial charge < -0.3 is 9.64 Å². The Morgan fingerprint density at radius 3 is 2.93 bits per heavy atom. The summed E-state index contributed by atoms with van der Waals surface area (Å²) in [4.78, 5) is 18.9. The second-order valence-electron chi connectivity index (χ2n) is 7.71. The fourth-order valence-electron chi connectivity index (χ4n) is 4.36. The van der Waals surface area contributed by atoms with Crippen LogP contribution in [0.4, 0.5) is 0 Å². The number of hydrogen-bond donors (Lipinski definition) is 0. The average Bonchev–Trinajstić information content (AvgIpc) is 3.33. The Morgan fingerprint density at radius 1 is 1.30 bits per heavy atom. The molecule has 4 rings (SSSR count). The summed E-state index contributed by atoms with van der Waals surface area (Å²) in [5, 5.41) is 4.64. The molecule has 6 nitrogen and oxygen atoms in total. The van der Waals surface area contributed by atoms with E-state index in [1.165, 1.54) is 31.4 Å². The van der Waals surface area contributed by atoms with Gasteiger partial charge in [-0.3, -0.25) is 9.48 Å². The lowest BCUT2D eigenvalue weighted by Crippen LogP contribution is -2.36. The summed E-state index contributed by atoms with van der Waals surface area (Å²) in [6, 6.07) is 5.61. The Bertz CT molecular complexity index is 781. The topological polar surface area (TPSA) is 60.2 Å². The molecular formula is C21H28N4O2. The van der Waals surface area contributed by atoms with Crippen LogP contribution in [0.5, 0.6) is 5.88 Å². The highest BCUT2D eigenvalue weighted by Gasteiger charge is 2.27. The first-order chi connectivity index (χ1) is 13.2. The first-order valence-corrected chi connectivity index (χ1v) is 10.1. The Hall–Kier alpha value is -2.37. The maximum Gasteiger partial charge on any atom is 0.222 e. The molecule has 2 aromatic heterocycles. The van der Waals surface area contributed by atoms with Crippen LogP contribution in [-0.4, -0.2) is 32.1 Å². The molecule has 0 saturated heterocycles. The van der Waals surface area contributed by atoms with Gasteiger partial charge in [0.1, 0.15) is 12.3 Å². The molecule has 0 aromatic carbocycles. The number of ether oxygens (including phenoxy) is 1. The summed E-state index contributed by atoms with van der Waals surface area (Å²) in [6.07, 6.45) is 9.57. The van der Waals surface area contributed by atoms with Gasteiger partial charge in [-0.1, -0.05) is 31.7 Å². The number of aryl methyl sites for hydroxylation is 1. The van der Waals surface area contributed by atoms with Crippen LogP contribution in [0.3, 0.4) is 0 Å². The van der Waals surface area contributed by atoms with Crippen molar-refractivity contribution in [2.24, 2.45) is 13.0 Å². The van der Waals surface area contributed by atoms with Gasteiger partial charge in [-0.05, 0) is 18.4 Å². The minimum Gasteiger partial charge on any atom is -0.471 e. The second-order valence-corrected chi connectivity index (χ2v) is 7.71. The van der Waals surface area contributed by atoms with Gasteiger partial charge in [0.15, 0.2) is 0 Å². The quantitative estimate of drug-likeness (QED) is 0.785. The molecule has 0 atom stereocenters. The van der Waals surface area contributed by atoms with E-state index in [2.05, 4.69) is 10.1 Å². The highest BCUT2D eigenvalue weighted by atomic mass is 16.5. The molecule has 2 aliphatic rings. The fourth-order valence-corrected chi connectivity index (χ4v) is 4.36. The minimum atomic E-state index is 0.285. The zero-order valence-corrected chi connectivity index (χ0v) is 16.1. The molecule has 1 aliphatic heterocycles. The summed E-state index contributed by atoms with van der Waals surface area (Å²) >= 11 is 0. The lowest BCUT2D eigenvalue weighted by molar-refractivity contribution is -0.132. The molecule has 1 aliphatic carbocycles. The molecule has 144 valence electrons. The molecule has 0 spiro atoms. The molecular weight excluding hydrogens is 340 g/mol. The van der Waals surface area contributed by atoms with Crippen molar-refractivity contribution in [3.8, 4) is 5.88 Å². The van der Waals surface area contributed by atoms with Gasteiger partial charge >= 0.3 is 0 Å². The van der Waals surface area contributed by atoms with E-state index in [0.717, 1.165) is 36.6 Å². The number of nitrogens with zero attached hydrogens (tertiary/aromatic N) is 4. The van der Waals surface area contributed by atoms with Crippen LogP contribution in [-0.2, 0) is 31.4 Å². The number of fused-ring (bicyclic) bond motifs is 1. The molecule has 0 N–H and O–H groups in total. The van der Waals surface area contributed by atoms with Gasteiger partial charge in [-0.25, -0.2) is 4.98 Å². The molecule has 1 fully saturated rings. The number of aromatic nitrogens is 3. The van der Waals surface area contributed by atoms with Crippen LogP contribution in [0.15, 0.2) is 24.4 Å². The van der Waals surface area contributed by atoms with E-state index < -0.39 is 0 Å². The first kappa shape index (κ1) is 18.0. The Labute approximate surface area is 160 Å². The summed E-state index contributed by atoms with van der Waals surface area (Å²) in [5.74, 6) is 1.64. The van der Waals surface area contributed by atoms with Gasteiger partial charge in [-0.15, -0.1) is 0 Å². The van der Waals surface area contributed by atoms with Crippen LogP contribution in [0.2, 0.25) is 0 Å². The number of amides is 1. The monoisotopic (exact) mass is 368 g/mol. The van der Waals surface area contributed by atoms with Crippen LogP contribution >= 0.6 is 0 Å². The van der Waals surface area contributed by atoms with E-state index in [9.17, 15) is 4.79 Å². The summed E-state index contributed by atoms with van der Waals surface area (Å²) < 4.78 is 7.73. The smallest absolute Gasteiger partial charge is 0.222 e. The number of carbonyl (C=O) groups excluding carboxylic acids is 1. The van der Waals surface area contributed by atoms with E-state index in [0.29, 0.717) is 25.5 Å². The van der Waals surface area contributed by atoms with Crippen molar-refractivity contribution in [3.63, 3.8) is 0 Å². The van der Waals surface area contributed by atoms with E-state index >= 15 is 0 Å². The largest absolute Gasteiger partial charge is 0.471 e. The van der Waals surface area contributed by atoms with Crippen LogP contribution in [0.25, 0.3) is 0 Å². The highest BCUT2D eigenvalue weighted by Crippen LogP contribution is 2.29. The Balaban J connectivity index is 1.39. The van der Waals surface area contributed by atoms with E-state index in [4.69, 9.17) is 4.74 Å². The van der Waals surface area contributed by atoms with Crippen molar-refractivity contribution in [1.82, 2.24) is 19.7 Å². The number of rotatable bonds is 6. The zero-order chi connectivity index (χ0) is 18.6. The van der Waals surface area contributed by atoms with E-state index in [-0.39, 0.29) is 5.91 Å². The predicted octanol–water partition coefficient (Wildman–Crippen LogP) is 3.25. The normalized spacial score (nSPS) is 17.1. The minimum absolute atomic E-state index is 0.285. The second kappa shape index (κ2) is 8.11. The van der Waals surface area contributed by atoms with Crippen LogP contribution in [0, 0.1) is 5.92 Å². The summed E-state index contributed by atoms with van der Waals surface area (Å²) in [7, 11) is 1.97. The summed E-state index contributed by atoms with van der Waals surface area (Å²) in [5.41, 5.74) is 3.27. The average molecular weight is 368 g/mol. The van der Waals surface area contributed by atoms with Crippen molar-refractivity contribution in [1.29, 1.82) is 0 Å². The van der Waals surface area contributed by atoms with Crippen LogP contribution < -0.4 is 4.74 Å². The van der Waals surface area contributed by atoms with Crippen molar-refractivity contribution in [3.05, 3.63) is 41.3 Å². The maximum atomic E-state index is 12.7.